The lowest BCUT2D eigenvalue weighted by Gasteiger charge is -2.35. The van der Waals surface area contributed by atoms with Gasteiger partial charge in [0.05, 0.1) is 25.6 Å². The highest BCUT2D eigenvalue weighted by Crippen LogP contribution is 2.13. The van der Waals surface area contributed by atoms with Crippen molar-refractivity contribution in [1.29, 1.82) is 0 Å². The van der Waals surface area contributed by atoms with Crippen LogP contribution in [0, 0.1) is 0 Å². The second-order valence-corrected chi connectivity index (χ2v) is 7.36. The maximum Gasteiger partial charge on any atom is 0.289 e. The molecule has 0 aliphatic carbocycles. The second kappa shape index (κ2) is 9.45. The largest absolute Gasteiger partial charge is 0.467 e. The van der Waals surface area contributed by atoms with Crippen LogP contribution in [0.4, 0.5) is 0 Å². The zero-order valence-electron chi connectivity index (χ0n) is 16.8. The zero-order valence-corrected chi connectivity index (χ0v) is 16.8. The molecule has 0 saturated carbocycles. The molecule has 4 rings (SSSR count). The summed E-state index contributed by atoms with van der Waals surface area (Å²) in [5.74, 6) is 1.05. The molecule has 0 spiro atoms. The van der Waals surface area contributed by atoms with E-state index in [1.807, 2.05) is 47.4 Å². The van der Waals surface area contributed by atoms with Gasteiger partial charge >= 0.3 is 0 Å². The number of hydrogen-bond donors (Lipinski definition) is 0. The molecule has 2 aromatic heterocycles. The normalized spacial score (nSPS) is 14.6. The first-order valence-corrected chi connectivity index (χ1v) is 10.1. The number of piperazine rings is 1. The molecular weight excluding hydrogens is 382 g/mol. The predicted octanol–water partition coefficient (Wildman–Crippen LogP) is 2.86. The van der Waals surface area contributed by atoms with E-state index in [-0.39, 0.29) is 11.8 Å². The zero-order chi connectivity index (χ0) is 20.8. The highest BCUT2D eigenvalue weighted by molar-refractivity contribution is 5.91. The predicted molar refractivity (Wildman–Crippen MR) is 110 cm³/mol. The van der Waals surface area contributed by atoms with Crippen LogP contribution < -0.4 is 0 Å². The number of nitrogens with zero attached hydrogens (tertiary/aromatic N) is 3. The Bertz CT molecular complexity index is 930. The fraction of sp³-hybridized carbons (Fsp3) is 0.304. The van der Waals surface area contributed by atoms with Crippen molar-refractivity contribution in [2.75, 3.05) is 32.7 Å². The topological polar surface area (TPSA) is 70.1 Å². The number of carbonyl (C=O) groups is 2. The van der Waals surface area contributed by atoms with Crippen molar-refractivity contribution in [3.8, 4) is 0 Å². The molecule has 7 nitrogen and oxygen atoms in total. The molecule has 156 valence electrons. The first-order valence-electron chi connectivity index (χ1n) is 10.1. The summed E-state index contributed by atoms with van der Waals surface area (Å²) in [4.78, 5) is 31.2. The molecule has 1 aliphatic heterocycles. The van der Waals surface area contributed by atoms with E-state index in [0.29, 0.717) is 51.6 Å². The molecule has 2 amide bonds. The highest BCUT2D eigenvalue weighted by atomic mass is 16.3. The number of benzene rings is 1. The minimum atomic E-state index is -0.102. The summed E-state index contributed by atoms with van der Waals surface area (Å²) in [7, 11) is 0. The molecular formula is C23H25N3O4. The van der Waals surface area contributed by atoms with Crippen molar-refractivity contribution in [3.05, 3.63) is 84.2 Å². The molecule has 0 radical (unpaired) electrons. The van der Waals surface area contributed by atoms with Gasteiger partial charge < -0.3 is 18.6 Å². The number of amides is 2. The molecule has 1 fully saturated rings. The van der Waals surface area contributed by atoms with Crippen LogP contribution in [-0.4, -0.2) is 59.2 Å². The minimum Gasteiger partial charge on any atom is -0.467 e. The van der Waals surface area contributed by atoms with Crippen LogP contribution >= 0.6 is 0 Å². The van der Waals surface area contributed by atoms with E-state index in [1.165, 1.54) is 6.26 Å². The summed E-state index contributed by atoms with van der Waals surface area (Å²) < 4.78 is 10.7. The van der Waals surface area contributed by atoms with Crippen LogP contribution in [-0.2, 0) is 17.9 Å². The van der Waals surface area contributed by atoms with Gasteiger partial charge in [-0.3, -0.25) is 14.5 Å². The van der Waals surface area contributed by atoms with Crippen LogP contribution in [0.1, 0.15) is 21.9 Å². The van der Waals surface area contributed by atoms with Crippen LogP contribution in [0.5, 0.6) is 0 Å². The van der Waals surface area contributed by atoms with Gasteiger partial charge in [-0.05, 0) is 29.8 Å². The summed E-state index contributed by atoms with van der Waals surface area (Å²) in [5.41, 5.74) is 1.08. The average Bonchev–Trinajstić information content (AvgIpc) is 3.48. The van der Waals surface area contributed by atoms with Gasteiger partial charge in [-0.15, -0.1) is 0 Å². The molecule has 0 unspecified atom stereocenters. The molecule has 0 N–H and O–H groups in total. The third-order valence-electron chi connectivity index (χ3n) is 5.25. The molecule has 30 heavy (non-hydrogen) atoms. The standard InChI is InChI=1S/C23H25N3O4/c27-22(18-24-10-12-25(13-11-24)23(28)21-9-5-15-30-21)26(17-20-8-4-14-29-20)16-19-6-2-1-3-7-19/h1-9,14-15H,10-13,16-18H2. The average molecular weight is 407 g/mol. The first kappa shape index (κ1) is 20.0. The molecule has 1 aliphatic rings. The molecule has 7 heteroatoms. The van der Waals surface area contributed by atoms with Crippen molar-refractivity contribution in [2.45, 2.75) is 13.1 Å². The summed E-state index contributed by atoms with van der Waals surface area (Å²) in [5, 5.41) is 0. The maximum atomic E-state index is 13.1. The van der Waals surface area contributed by atoms with Gasteiger partial charge in [0.25, 0.3) is 5.91 Å². The van der Waals surface area contributed by atoms with Crippen LogP contribution in [0.15, 0.2) is 76.0 Å². The maximum absolute atomic E-state index is 13.1. The van der Waals surface area contributed by atoms with Crippen molar-refractivity contribution in [1.82, 2.24) is 14.7 Å². The summed E-state index contributed by atoms with van der Waals surface area (Å²) >= 11 is 0. The number of hydrogen-bond acceptors (Lipinski definition) is 5. The van der Waals surface area contributed by atoms with E-state index in [0.717, 1.165) is 11.3 Å². The number of carbonyl (C=O) groups excluding carboxylic acids is 2. The fourth-order valence-electron chi connectivity index (χ4n) is 3.58. The lowest BCUT2D eigenvalue weighted by Crippen LogP contribution is -2.51. The Morgan fingerprint density at radius 3 is 2.23 bits per heavy atom. The van der Waals surface area contributed by atoms with Gasteiger partial charge in [-0.1, -0.05) is 30.3 Å². The van der Waals surface area contributed by atoms with Gasteiger partial charge in [-0.25, -0.2) is 0 Å². The quantitative estimate of drug-likeness (QED) is 0.602. The fourth-order valence-corrected chi connectivity index (χ4v) is 3.58. The van der Waals surface area contributed by atoms with Crippen molar-refractivity contribution in [3.63, 3.8) is 0 Å². The minimum absolute atomic E-state index is 0.0427. The second-order valence-electron chi connectivity index (χ2n) is 7.36. The Kier molecular flexibility index (Phi) is 6.29. The molecule has 0 bridgehead atoms. The van der Waals surface area contributed by atoms with Crippen LogP contribution in [0.3, 0.4) is 0 Å². The smallest absolute Gasteiger partial charge is 0.289 e. The summed E-state index contributed by atoms with van der Waals surface area (Å²) in [6, 6.07) is 17.0. The lowest BCUT2D eigenvalue weighted by molar-refractivity contribution is -0.134. The van der Waals surface area contributed by atoms with E-state index in [1.54, 1.807) is 23.3 Å². The Morgan fingerprint density at radius 1 is 0.833 bits per heavy atom. The van der Waals surface area contributed by atoms with Gasteiger partial charge in [0.2, 0.25) is 5.91 Å². The van der Waals surface area contributed by atoms with E-state index in [4.69, 9.17) is 8.83 Å². The van der Waals surface area contributed by atoms with Crippen LogP contribution in [0.2, 0.25) is 0 Å². The summed E-state index contributed by atoms with van der Waals surface area (Å²) in [6.07, 6.45) is 3.12. The molecule has 1 aromatic carbocycles. The van der Waals surface area contributed by atoms with E-state index >= 15 is 0 Å². The lowest BCUT2D eigenvalue weighted by atomic mass is 10.2. The highest BCUT2D eigenvalue weighted by Gasteiger charge is 2.26. The Balaban J connectivity index is 1.34. The molecule has 3 heterocycles. The third kappa shape index (κ3) is 4.99. The molecule has 3 aromatic rings. The summed E-state index contributed by atoms with van der Waals surface area (Å²) in [6.45, 7) is 3.72. The third-order valence-corrected chi connectivity index (χ3v) is 5.25. The van der Waals surface area contributed by atoms with E-state index in [9.17, 15) is 9.59 Å². The van der Waals surface area contributed by atoms with E-state index in [2.05, 4.69) is 4.90 Å². The SMILES string of the molecule is O=C(CN1CCN(C(=O)c2ccco2)CC1)N(Cc1ccccc1)Cc1ccco1. The van der Waals surface area contributed by atoms with Crippen molar-refractivity contribution >= 4 is 11.8 Å². The first-order chi connectivity index (χ1) is 14.7. The van der Waals surface area contributed by atoms with Crippen LogP contribution in [0.25, 0.3) is 0 Å². The molecule has 0 atom stereocenters. The van der Waals surface area contributed by atoms with Crippen molar-refractivity contribution in [2.24, 2.45) is 0 Å². The van der Waals surface area contributed by atoms with E-state index < -0.39 is 0 Å². The monoisotopic (exact) mass is 407 g/mol. The number of furan rings is 2. The Labute approximate surface area is 175 Å². The van der Waals surface area contributed by atoms with Gasteiger partial charge in [-0.2, -0.15) is 0 Å². The van der Waals surface area contributed by atoms with Crippen molar-refractivity contribution < 1.29 is 18.4 Å². The molecule has 1 saturated heterocycles. The Morgan fingerprint density at radius 2 is 1.57 bits per heavy atom. The van der Waals surface area contributed by atoms with Gasteiger partial charge in [0, 0.05) is 32.7 Å². The number of rotatable bonds is 7. The Hall–Kier alpha value is -3.32. The van der Waals surface area contributed by atoms with Gasteiger partial charge in [0.1, 0.15) is 5.76 Å². The van der Waals surface area contributed by atoms with Gasteiger partial charge in [0.15, 0.2) is 5.76 Å².